The molecule has 0 fully saturated rings. The van der Waals surface area contributed by atoms with E-state index in [0.29, 0.717) is 0 Å². The molecule has 9 heteroatoms. The lowest BCUT2D eigenvalue weighted by Crippen LogP contribution is -2.54. The number of esters is 1. The summed E-state index contributed by atoms with van der Waals surface area (Å²) in [6.45, 7) is 7.15. The second-order valence-corrected chi connectivity index (χ2v) is 7.64. The van der Waals surface area contributed by atoms with Gasteiger partial charge >= 0.3 is 5.97 Å². The molecular weight excluding hydrogens is 331 g/mol. The first kappa shape index (κ1) is 21.6. The molecule has 0 aliphatic rings. The van der Waals surface area contributed by atoms with E-state index in [2.05, 4.69) is 0 Å². The maximum absolute atomic E-state index is 12.4. The zero-order valence-electron chi connectivity index (χ0n) is 13.8. The van der Waals surface area contributed by atoms with Gasteiger partial charge in [0.2, 0.25) is 0 Å². The van der Waals surface area contributed by atoms with Crippen LogP contribution >= 0.6 is 8.46 Å². The molecule has 0 rings (SSSR count). The molecule has 22 heavy (non-hydrogen) atoms. The lowest BCUT2D eigenvalue weighted by Gasteiger charge is -2.38. The molecular formula is C13H27O7PS. The Morgan fingerprint density at radius 3 is 2.18 bits per heavy atom. The number of rotatable bonds is 11. The van der Waals surface area contributed by atoms with E-state index in [9.17, 15) is 17.8 Å². The van der Waals surface area contributed by atoms with Gasteiger partial charge in [-0.3, -0.25) is 4.18 Å². The second kappa shape index (κ2) is 9.65. The Kier molecular flexibility index (Phi) is 9.46. The topological polar surface area (TPSA) is 96.0 Å². The summed E-state index contributed by atoms with van der Waals surface area (Å²) in [6.07, 6.45) is 0.922. The number of carbonyl (C=O) groups excluding carboxylic acids is 1. The zero-order chi connectivity index (χ0) is 17.4. The van der Waals surface area contributed by atoms with Gasteiger partial charge in [0.25, 0.3) is 10.1 Å². The van der Waals surface area contributed by atoms with Crippen LogP contribution in [0.15, 0.2) is 0 Å². The van der Waals surface area contributed by atoms with Crippen molar-refractivity contribution < 1.29 is 31.4 Å². The van der Waals surface area contributed by atoms with Crippen molar-refractivity contribution in [2.75, 3.05) is 32.2 Å². The van der Waals surface area contributed by atoms with E-state index in [1.165, 1.54) is 0 Å². The molecule has 0 bridgehead atoms. The van der Waals surface area contributed by atoms with Crippen LogP contribution in [-0.4, -0.2) is 52.2 Å². The smallest absolute Gasteiger partial charge is 0.339 e. The van der Waals surface area contributed by atoms with E-state index in [1.807, 2.05) is 13.8 Å². The van der Waals surface area contributed by atoms with E-state index in [1.54, 1.807) is 13.8 Å². The van der Waals surface area contributed by atoms with Gasteiger partial charge in [0.15, 0.2) is 5.60 Å². The van der Waals surface area contributed by atoms with Gasteiger partial charge in [-0.2, -0.15) is 8.42 Å². The highest BCUT2D eigenvalue weighted by Crippen LogP contribution is 2.34. The van der Waals surface area contributed by atoms with Crippen LogP contribution in [0.25, 0.3) is 0 Å². The van der Waals surface area contributed by atoms with Crippen LogP contribution in [0, 0.1) is 11.8 Å². The van der Waals surface area contributed by atoms with Crippen LogP contribution in [-0.2, 0) is 33.1 Å². The van der Waals surface area contributed by atoms with Crippen LogP contribution < -0.4 is 0 Å². The minimum absolute atomic E-state index is 0.0182. The Hall–Kier alpha value is -0.430. The van der Waals surface area contributed by atoms with E-state index in [0.717, 1.165) is 6.26 Å². The van der Waals surface area contributed by atoms with Crippen molar-refractivity contribution in [1.82, 2.24) is 0 Å². The Morgan fingerprint density at radius 2 is 1.82 bits per heavy atom. The molecule has 3 atom stereocenters. The average molecular weight is 358 g/mol. The van der Waals surface area contributed by atoms with Gasteiger partial charge in [-0.1, -0.05) is 13.8 Å². The van der Waals surface area contributed by atoms with E-state index in [-0.39, 0.29) is 31.9 Å². The van der Waals surface area contributed by atoms with Gasteiger partial charge in [0.05, 0.1) is 27.9 Å². The number of ether oxygens (including phenoxy) is 2. The third-order valence-electron chi connectivity index (χ3n) is 3.27. The summed E-state index contributed by atoms with van der Waals surface area (Å²) >= 11 is 0. The van der Waals surface area contributed by atoms with Gasteiger partial charge in [-0.05, 0) is 19.8 Å². The van der Waals surface area contributed by atoms with Gasteiger partial charge in [-0.25, -0.2) is 4.79 Å². The predicted molar refractivity (Wildman–Crippen MR) is 85.4 cm³/mol. The Bertz CT molecular complexity index is 463. The monoisotopic (exact) mass is 358 g/mol. The first-order valence-corrected chi connectivity index (χ1v) is 10.3. The minimum Gasteiger partial charge on any atom is -0.464 e. The molecule has 0 saturated heterocycles. The zero-order valence-corrected chi connectivity index (χ0v) is 15.8. The summed E-state index contributed by atoms with van der Waals surface area (Å²) in [5.41, 5.74) is -1.46. The van der Waals surface area contributed by atoms with Crippen molar-refractivity contribution in [3.63, 3.8) is 0 Å². The van der Waals surface area contributed by atoms with Crippen LogP contribution in [0.5, 0.6) is 0 Å². The Balaban J connectivity index is 5.69. The van der Waals surface area contributed by atoms with Crippen LogP contribution in [0.1, 0.15) is 27.7 Å². The molecule has 0 spiro atoms. The molecule has 0 N–H and O–H groups in total. The Labute approximate surface area is 134 Å². The fourth-order valence-corrected chi connectivity index (χ4v) is 3.54. The van der Waals surface area contributed by atoms with Crippen LogP contribution in [0.3, 0.4) is 0 Å². The summed E-state index contributed by atoms with van der Waals surface area (Å²) in [7, 11) is -4.94. The van der Waals surface area contributed by atoms with Crippen molar-refractivity contribution in [3.05, 3.63) is 0 Å². The molecule has 0 radical (unpaired) electrons. The highest BCUT2D eigenvalue weighted by atomic mass is 32.2. The SMILES string of the molecule is CCOC(=O)C(C[PH2]=O)(OCC)C(COS(C)(=O)=O)C(C)C. The van der Waals surface area contributed by atoms with Crippen LogP contribution in [0.2, 0.25) is 0 Å². The first-order chi connectivity index (χ1) is 10.1. The fourth-order valence-electron chi connectivity index (χ4n) is 2.31. The normalized spacial score (nSPS) is 16.8. The highest BCUT2D eigenvalue weighted by molar-refractivity contribution is 7.85. The molecule has 0 heterocycles. The third-order valence-corrected chi connectivity index (χ3v) is 4.61. The van der Waals surface area contributed by atoms with Crippen molar-refractivity contribution >= 4 is 24.5 Å². The van der Waals surface area contributed by atoms with Gasteiger partial charge in [0.1, 0.15) is 0 Å². The van der Waals surface area contributed by atoms with E-state index >= 15 is 0 Å². The standard InChI is InChI=1S/C13H27O7PS/c1-6-18-12(14)13(9-21-15,19-7-2)11(10(3)4)8-20-22(5,16)17/h10-11H,6-9,21H2,1-5H3. The molecule has 0 aromatic rings. The first-order valence-electron chi connectivity index (χ1n) is 7.23. The summed E-state index contributed by atoms with van der Waals surface area (Å²) < 4.78 is 49.4. The largest absolute Gasteiger partial charge is 0.464 e. The lowest BCUT2D eigenvalue weighted by atomic mass is 9.81. The van der Waals surface area contributed by atoms with Crippen molar-refractivity contribution in [2.24, 2.45) is 11.8 Å². The molecule has 0 saturated carbocycles. The maximum Gasteiger partial charge on any atom is 0.339 e. The summed E-state index contributed by atoms with van der Waals surface area (Å²) in [6, 6.07) is 0. The molecule has 7 nitrogen and oxygen atoms in total. The highest BCUT2D eigenvalue weighted by Gasteiger charge is 2.49. The van der Waals surface area contributed by atoms with Crippen molar-refractivity contribution in [1.29, 1.82) is 0 Å². The summed E-state index contributed by atoms with van der Waals surface area (Å²) in [4.78, 5) is 12.4. The fraction of sp³-hybridized carbons (Fsp3) is 0.923. The van der Waals surface area contributed by atoms with Crippen LogP contribution in [0.4, 0.5) is 0 Å². The van der Waals surface area contributed by atoms with Crippen molar-refractivity contribution in [2.45, 2.75) is 33.3 Å². The molecule has 3 unspecified atom stereocenters. The molecule has 0 aromatic carbocycles. The number of hydrogen-bond donors (Lipinski definition) is 0. The van der Waals surface area contributed by atoms with Gasteiger partial charge < -0.3 is 14.0 Å². The summed E-state index contributed by atoms with van der Waals surface area (Å²) in [5, 5.41) is 0. The van der Waals surface area contributed by atoms with E-state index in [4.69, 9.17) is 13.7 Å². The lowest BCUT2D eigenvalue weighted by molar-refractivity contribution is -0.181. The summed E-state index contributed by atoms with van der Waals surface area (Å²) in [5.74, 6) is -1.36. The molecule has 0 aromatic heterocycles. The van der Waals surface area contributed by atoms with Gasteiger partial charge in [-0.15, -0.1) is 0 Å². The molecule has 0 aliphatic heterocycles. The predicted octanol–water partition coefficient (Wildman–Crippen LogP) is 1.33. The minimum atomic E-state index is -3.66. The van der Waals surface area contributed by atoms with E-state index < -0.39 is 36.1 Å². The Morgan fingerprint density at radius 1 is 1.23 bits per heavy atom. The molecule has 0 amide bonds. The number of hydrogen-bond acceptors (Lipinski definition) is 7. The molecule has 132 valence electrons. The average Bonchev–Trinajstić information content (AvgIpc) is 2.37. The molecule has 0 aliphatic carbocycles. The second-order valence-electron chi connectivity index (χ2n) is 5.25. The quantitative estimate of drug-likeness (QED) is 0.312. The van der Waals surface area contributed by atoms with Crippen molar-refractivity contribution in [3.8, 4) is 0 Å². The number of carbonyl (C=O) groups is 1. The maximum atomic E-state index is 12.4. The van der Waals surface area contributed by atoms with Gasteiger partial charge in [0, 0.05) is 18.7 Å². The third kappa shape index (κ3) is 6.36.